The maximum atomic E-state index is 12.7. The van der Waals surface area contributed by atoms with E-state index in [0.29, 0.717) is 5.02 Å². The van der Waals surface area contributed by atoms with Gasteiger partial charge in [0, 0.05) is 0 Å². The Kier molecular flexibility index (Phi) is 3.57. The Hall–Kier alpha value is -2.12. The lowest BCUT2D eigenvalue weighted by atomic mass is 9.86. The molecule has 120 valence electrons. The first-order chi connectivity index (χ1) is 10.8. The van der Waals surface area contributed by atoms with Gasteiger partial charge >= 0.3 is 5.97 Å². The van der Waals surface area contributed by atoms with Crippen molar-refractivity contribution < 1.29 is 19.1 Å². The standard InChI is InChI=1S/C14H11Cl2N3O4/c1-14-9(10(17-18-14)12(21)23-2)11(20)19(13(14)22)6-3-4-7(15)8(16)5-6/h3-5,9,18H,1-2H3. The van der Waals surface area contributed by atoms with Crippen molar-refractivity contribution in [3.05, 3.63) is 28.2 Å². The quantitative estimate of drug-likeness (QED) is 0.639. The van der Waals surface area contributed by atoms with Crippen molar-refractivity contribution in [2.45, 2.75) is 12.5 Å². The molecule has 2 aliphatic heterocycles. The number of carbonyl (C=O) groups is 3. The molecular weight excluding hydrogens is 345 g/mol. The average Bonchev–Trinajstić information content (AvgIpc) is 2.96. The summed E-state index contributed by atoms with van der Waals surface area (Å²) in [7, 11) is 1.18. The maximum Gasteiger partial charge on any atom is 0.355 e. The van der Waals surface area contributed by atoms with Crippen LogP contribution in [0.3, 0.4) is 0 Å². The van der Waals surface area contributed by atoms with Crippen LogP contribution >= 0.6 is 23.2 Å². The molecule has 2 atom stereocenters. The second kappa shape index (κ2) is 5.21. The van der Waals surface area contributed by atoms with E-state index in [9.17, 15) is 14.4 Å². The zero-order valence-corrected chi connectivity index (χ0v) is 13.6. The molecule has 1 aromatic rings. The van der Waals surface area contributed by atoms with Crippen molar-refractivity contribution in [1.82, 2.24) is 5.43 Å². The highest BCUT2D eigenvalue weighted by Gasteiger charge is 2.63. The summed E-state index contributed by atoms with van der Waals surface area (Å²) in [6.45, 7) is 1.51. The monoisotopic (exact) mass is 355 g/mol. The van der Waals surface area contributed by atoms with Crippen molar-refractivity contribution >= 4 is 52.4 Å². The number of rotatable bonds is 2. The molecule has 0 radical (unpaired) electrons. The third-order valence-electron chi connectivity index (χ3n) is 3.93. The Morgan fingerprint density at radius 1 is 1.35 bits per heavy atom. The number of nitrogens with zero attached hydrogens (tertiary/aromatic N) is 2. The number of imide groups is 1. The lowest BCUT2D eigenvalue weighted by Gasteiger charge is -2.20. The number of methoxy groups -OCH3 is 1. The molecule has 2 amide bonds. The Balaban J connectivity index is 2.05. The molecule has 2 unspecified atom stereocenters. The number of halogens is 2. The lowest BCUT2D eigenvalue weighted by Crippen LogP contribution is -2.48. The van der Waals surface area contributed by atoms with Crippen LogP contribution in [-0.2, 0) is 19.1 Å². The Labute approximate surface area is 141 Å². The molecule has 2 heterocycles. The first kappa shape index (κ1) is 15.8. The van der Waals surface area contributed by atoms with Gasteiger partial charge in [0.05, 0.1) is 22.8 Å². The molecule has 1 fully saturated rings. The van der Waals surface area contributed by atoms with Crippen LogP contribution in [0.25, 0.3) is 0 Å². The molecule has 0 spiro atoms. The second-order valence-corrected chi connectivity index (χ2v) is 6.13. The number of ether oxygens (including phenoxy) is 1. The van der Waals surface area contributed by atoms with Gasteiger partial charge in [-0.05, 0) is 25.1 Å². The number of hydrazone groups is 1. The molecule has 9 heteroatoms. The number of fused-ring (bicyclic) bond motifs is 1. The molecule has 0 aliphatic carbocycles. The zero-order chi connectivity index (χ0) is 16.9. The number of carbonyl (C=O) groups excluding carboxylic acids is 3. The van der Waals surface area contributed by atoms with E-state index >= 15 is 0 Å². The normalized spacial score (nSPS) is 26.0. The van der Waals surface area contributed by atoms with Gasteiger partial charge in [0.2, 0.25) is 5.91 Å². The fourth-order valence-corrected chi connectivity index (χ4v) is 3.00. The lowest BCUT2D eigenvalue weighted by molar-refractivity contribution is -0.133. The molecule has 0 aromatic heterocycles. The van der Waals surface area contributed by atoms with E-state index in [4.69, 9.17) is 23.2 Å². The van der Waals surface area contributed by atoms with E-state index in [1.165, 1.54) is 32.2 Å². The van der Waals surface area contributed by atoms with Crippen LogP contribution < -0.4 is 10.3 Å². The number of nitrogens with one attached hydrogen (secondary N) is 1. The summed E-state index contributed by atoms with van der Waals surface area (Å²) in [5.41, 5.74) is 1.39. The van der Waals surface area contributed by atoms with Gasteiger partial charge in [-0.3, -0.25) is 15.0 Å². The first-order valence-corrected chi connectivity index (χ1v) is 7.33. The number of benzene rings is 1. The largest absolute Gasteiger partial charge is 0.464 e. The van der Waals surface area contributed by atoms with Crippen LogP contribution in [-0.4, -0.2) is 36.1 Å². The molecule has 1 saturated heterocycles. The fourth-order valence-electron chi connectivity index (χ4n) is 2.71. The predicted octanol–water partition coefficient (Wildman–Crippen LogP) is 1.37. The van der Waals surface area contributed by atoms with Gasteiger partial charge in [-0.2, -0.15) is 5.10 Å². The third-order valence-corrected chi connectivity index (χ3v) is 4.67. The number of anilines is 1. The molecule has 0 bridgehead atoms. The van der Waals surface area contributed by atoms with E-state index < -0.39 is 29.2 Å². The van der Waals surface area contributed by atoms with Gasteiger partial charge < -0.3 is 4.74 Å². The van der Waals surface area contributed by atoms with E-state index in [0.717, 1.165) is 4.90 Å². The average molecular weight is 356 g/mol. The Morgan fingerprint density at radius 2 is 2.04 bits per heavy atom. The van der Waals surface area contributed by atoms with Crippen LogP contribution in [0, 0.1) is 5.92 Å². The highest BCUT2D eigenvalue weighted by Crippen LogP contribution is 2.39. The molecule has 7 nitrogen and oxygen atoms in total. The molecule has 3 rings (SSSR count). The minimum absolute atomic E-state index is 0.129. The number of hydrogen-bond donors (Lipinski definition) is 1. The summed E-state index contributed by atoms with van der Waals surface area (Å²) >= 11 is 11.8. The first-order valence-electron chi connectivity index (χ1n) is 6.57. The molecule has 2 aliphatic rings. The molecular formula is C14H11Cl2N3O4. The summed E-state index contributed by atoms with van der Waals surface area (Å²) in [5.74, 6) is -2.93. The van der Waals surface area contributed by atoms with Crippen LogP contribution in [0.5, 0.6) is 0 Å². The van der Waals surface area contributed by atoms with Gasteiger partial charge in [-0.25, -0.2) is 9.69 Å². The van der Waals surface area contributed by atoms with Gasteiger partial charge in [0.25, 0.3) is 5.91 Å². The van der Waals surface area contributed by atoms with E-state index in [2.05, 4.69) is 15.3 Å². The topological polar surface area (TPSA) is 88.1 Å². The van der Waals surface area contributed by atoms with Crippen LogP contribution in [0.4, 0.5) is 5.69 Å². The maximum absolute atomic E-state index is 12.7. The van der Waals surface area contributed by atoms with Crippen molar-refractivity contribution in [3.63, 3.8) is 0 Å². The van der Waals surface area contributed by atoms with Crippen molar-refractivity contribution in [2.75, 3.05) is 12.0 Å². The highest BCUT2D eigenvalue weighted by molar-refractivity contribution is 6.47. The van der Waals surface area contributed by atoms with Crippen LogP contribution in [0.1, 0.15) is 6.92 Å². The molecule has 0 saturated carbocycles. The van der Waals surface area contributed by atoms with Crippen LogP contribution in [0.15, 0.2) is 23.3 Å². The number of amides is 2. The highest BCUT2D eigenvalue weighted by atomic mass is 35.5. The van der Waals surface area contributed by atoms with Crippen LogP contribution in [0.2, 0.25) is 10.0 Å². The minimum Gasteiger partial charge on any atom is -0.464 e. The predicted molar refractivity (Wildman–Crippen MR) is 83.4 cm³/mol. The van der Waals surface area contributed by atoms with Gasteiger partial charge in [0.15, 0.2) is 5.71 Å². The van der Waals surface area contributed by atoms with E-state index in [1.54, 1.807) is 0 Å². The summed E-state index contributed by atoms with van der Waals surface area (Å²) in [6, 6.07) is 4.40. The summed E-state index contributed by atoms with van der Waals surface area (Å²) in [6.07, 6.45) is 0. The molecule has 1 aromatic carbocycles. The van der Waals surface area contributed by atoms with Crippen molar-refractivity contribution in [1.29, 1.82) is 0 Å². The van der Waals surface area contributed by atoms with E-state index in [1.807, 2.05) is 0 Å². The SMILES string of the molecule is COC(=O)C1=NNC2(C)C(=O)N(c3ccc(Cl)c(Cl)c3)C(=O)C12. The number of esters is 1. The van der Waals surface area contributed by atoms with E-state index in [-0.39, 0.29) is 16.4 Å². The summed E-state index contributed by atoms with van der Waals surface area (Å²) in [4.78, 5) is 38.2. The number of hydrogen-bond acceptors (Lipinski definition) is 6. The summed E-state index contributed by atoms with van der Waals surface area (Å²) < 4.78 is 4.62. The molecule has 1 N–H and O–H groups in total. The zero-order valence-electron chi connectivity index (χ0n) is 12.1. The smallest absolute Gasteiger partial charge is 0.355 e. The third kappa shape index (κ3) is 2.11. The minimum atomic E-state index is -1.34. The fraction of sp³-hybridized carbons (Fsp3) is 0.286. The van der Waals surface area contributed by atoms with Gasteiger partial charge in [0.1, 0.15) is 11.5 Å². The van der Waals surface area contributed by atoms with Crippen molar-refractivity contribution in [3.8, 4) is 0 Å². The summed E-state index contributed by atoms with van der Waals surface area (Å²) in [5, 5.41) is 4.31. The van der Waals surface area contributed by atoms with Crippen molar-refractivity contribution in [2.24, 2.45) is 11.0 Å². The molecule has 23 heavy (non-hydrogen) atoms. The second-order valence-electron chi connectivity index (χ2n) is 5.31. The Morgan fingerprint density at radius 3 is 2.65 bits per heavy atom. The Bertz CT molecular complexity index is 779. The van der Waals surface area contributed by atoms with Gasteiger partial charge in [-0.1, -0.05) is 23.2 Å². The van der Waals surface area contributed by atoms with Gasteiger partial charge in [-0.15, -0.1) is 0 Å².